The summed E-state index contributed by atoms with van der Waals surface area (Å²) >= 11 is 0. The van der Waals surface area contributed by atoms with Crippen LogP contribution in [-0.4, -0.2) is 37.3 Å². The maximum Gasteiger partial charge on any atom is 0.0748 e. The van der Waals surface area contributed by atoms with Crippen molar-refractivity contribution in [1.29, 1.82) is 0 Å². The fraction of sp³-hybridized carbons (Fsp3) is 0.688. The largest absolute Gasteiger partial charge is 0.375 e. The fourth-order valence-electron chi connectivity index (χ4n) is 2.45. The van der Waals surface area contributed by atoms with Crippen molar-refractivity contribution >= 4 is 5.69 Å². The van der Waals surface area contributed by atoms with Crippen LogP contribution < -0.4 is 10.2 Å². The van der Waals surface area contributed by atoms with E-state index in [9.17, 15) is 0 Å². The fourth-order valence-corrected chi connectivity index (χ4v) is 2.45. The lowest BCUT2D eigenvalue weighted by atomic mass is 10.2. The van der Waals surface area contributed by atoms with Crippen molar-refractivity contribution in [1.82, 2.24) is 10.3 Å². The van der Waals surface area contributed by atoms with Gasteiger partial charge >= 0.3 is 0 Å². The highest BCUT2D eigenvalue weighted by molar-refractivity contribution is 5.47. The number of nitrogens with zero attached hydrogens (tertiary/aromatic N) is 2. The normalized spacial score (nSPS) is 19.6. The summed E-state index contributed by atoms with van der Waals surface area (Å²) < 4.78 is 5.73. The highest BCUT2D eigenvalue weighted by atomic mass is 16.5. The molecule has 1 aliphatic heterocycles. The molecule has 112 valence electrons. The van der Waals surface area contributed by atoms with Crippen LogP contribution in [0.5, 0.6) is 0 Å². The zero-order valence-electron chi connectivity index (χ0n) is 12.9. The van der Waals surface area contributed by atoms with Gasteiger partial charge < -0.3 is 15.0 Å². The molecule has 1 aliphatic rings. The zero-order valence-corrected chi connectivity index (χ0v) is 12.9. The second kappa shape index (κ2) is 7.60. The van der Waals surface area contributed by atoms with Gasteiger partial charge in [-0.2, -0.15) is 0 Å². The van der Waals surface area contributed by atoms with Gasteiger partial charge in [0.25, 0.3) is 0 Å². The first-order valence-electron chi connectivity index (χ1n) is 7.71. The molecule has 0 spiro atoms. The molecule has 0 amide bonds. The molecule has 2 rings (SSSR count). The van der Waals surface area contributed by atoms with E-state index in [0.717, 1.165) is 44.9 Å². The van der Waals surface area contributed by atoms with Crippen molar-refractivity contribution in [3.63, 3.8) is 0 Å². The molecule has 1 fully saturated rings. The van der Waals surface area contributed by atoms with Gasteiger partial charge in [-0.3, -0.25) is 4.98 Å². The minimum absolute atomic E-state index is 0.361. The highest BCUT2D eigenvalue weighted by Gasteiger charge is 2.19. The van der Waals surface area contributed by atoms with E-state index < -0.39 is 0 Å². The predicted molar refractivity (Wildman–Crippen MR) is 83.0 cm³/mol. The summed E-state index contributed by atoms with van der Waals surface area (Å²) in [6, 6.07) is 4.30. The van der Waals surface area contributed by atoms with Gasteiger partial charge in [-0.1, -0.05) is 20.8 Å². The number of nitrogens with one attached hydrogen (secondary N) is 1. The Labute approximate surface area is 122 Å². The van der Waals surface area contributed by atoms with Gasteiger partial charge in [0.1, 0.15) is 0 Å². The summed E-state index contributed by atoms with van der Waals surface area (Å²) in [4.78, 5) is 6.86. The van der Waals surface area contributed by atoms with E-state index in [1.807, 2.05) is 6.20 Å². The molecule has 0 aliphatic carbocycles. The molecule has 0 bridgehead atoms. The third kappa shape index (κ3) is 4.46. The van der Waals surface area contributed by atoms with Crippen LogP contribution in [0.2, 0.25) is 0 Å². The molecule has 1 aromatic heterocycles. The molecule has 0 saturated carbocycles. The van der Waals surface area contributed by atoms with E-state index in [4.69, 9.17) is 4.74 Å². The summed E-state index contributed by atoms with van der Waals surface area (Å²) in [7, 11) is 0. The van der Waals surface area contributed by atoms with E-state index in [1.165, 1.54) is 5.69 Å². The summed E-state index contributed by atoms with van der Waals surface area (Å²) in [6.45, 7) is 11.3. The number of morpholine rings is 1. The lowest BCUT2D eigenvalue weighted by Gasteiger charge is -2.34. The Morgan fingerprint density at radius 3 is 3.10 bits per heavy atom. The van der Waals surface area contributed by atoms with Gasteiger partial charge in [-0.15, -0.1) is 0 Å². The highest BCUT2D eigenvalue weighted by Crippen LogP contribution is 2.19. The standard InChI is InChI=1S/C16H27N3O/c1-4-16-12-19(7-8-20-16)15-5-6-18-14(9-15)11-17-10-13(2)3/h5-6,9,13,16-17H,4,7-8,10-12H2,1-3H3. The molecule has 1 aromatic rings. The van der Waals surface area contributed by atoms with E-state index >= 15 is 0 Å². The van der Waals surface area contributed by atoms with Crippen molar-refractivity contribution in [2.24, 2.45) is 5.92 Å². The second-order valence-electron chi connectivity index (χ2n) is 5.88. The Morgan fingerprint density at radius 1 is 1.50 bits per heavy atom. The van der Waals surface area contributed by atoms with Gasteiger partial charge in [-0.05, 0) is 31.0 Å². The first-order chi connectivity index (χ1) is 9.69. The average molecular weight is 277 g/mol. The number of pyridine rings is 1. The Hall–Kier alpha value is -1.13. The van der Waals surface area contributed by atoms with Crippen LogP contribution in [0.4, 0.5) is 5.69 Å². The summed E-state index contributed by atoms with van der Waals surface area (Å²) in [5.41, 5.74) is 2.38. The third-order valence-corrected chi connectivity index (χ3v) is 3.62. The number of hydrogen-bond donors (Lipinski definition) is 1. The van der Waals surface area contributed by atoms with Gasteiger partial charge in [0.15, 0.2) is 0 Å². The molecule has 1 unspecified atom stereocenters. The smallest absolute Gasteiger partial charge is 0.0748 e. The summed E-state index contributed by atoms with van der Waals surface area (Å²) in [5, 5.41) is 3.45. The number of aromatic nitrogens is 1. The molecular weight excluding hydrogens is 250 g/mol. The molecule has 0 aromatic carbocycles. The lowest BCUT2D eigenvalue weighted by Crippen LogP contribution is -2.42. The van der Waals surface area contributed by atoms with E-state index in [1.54, 1.807) is 0 Å². The Morgan fingerprint density at radius 2 is 2.35 bits per heavy atom. The Kier molecular flexibility index (Phi) is 5.80. The first-order valence-corrected chi connectivity index (χ1v) is 7.71. The number of anilines is 1. The second-order valence-corrected chi connectivity index (χ2v) is 5.88. The molecule has 1 N–H and O–H groups in total. The van der Waals surface area contributed by atoms with E-state index in [0.29, 0.717) is 12.0 Å². The molecule has 4 heteroatoms. The lowest BCUT2D eigenvalue weighted by molar-refractivity contribution is 0.0384. The number of hydrogen-bond acceptors (Lipinski definition) is 4. The first kappa shape index (κ1) is 15.3. The minimum Gasteiger partial charge on any atom is -0.375 e. The van der Waals surface area contributed by atoms with Gasteiger partial charge in [0.2, 0.25) is 0 Å². The van der Waals surface area contributed by atoms with Crippen LogP contribution in [0, 0.1) is 5.92 Å². The van der Waals surface area contributed by atoms with E-state index in [2.05, 4.69) is 48.1 Å². The van der Waals surface area contributed by atoms with Crippen molar-refractivity contribution in [2.45, 2.75) is 39.8 Å². The SMILES string of the molecule is CCC1CN(c2ccnc(CNCC(C)C)c2)CCO1. The number of rotatable bonds is 6. The van der Waals surface area contributed by atoms with Crippen molar-refractivity contribution in [3.05, 3.63) is 24.0 Å². The molecule has 1 atom stereocenters. The van der Waals surface area contributed by atoms with Gasteiger partial charge in [0.05, 0.1) is 18.4 Å². The predicted octanol–water partition coefficient (Wildman–Crippen LogP) is 2.44. The topological polar surface area (TPSA) is 37.4 Å². The van der Waals surface area contributed by atoms with Crippen molar-refractivity contribution < 1.29 is 4.74 Å². The Balaban J connectivity index is 1.94. The third-order valence-electron chi connectivity index (χ3n) is 3.62. The van der Waals surface area contributed by atoms with E-state index in [-0.39, 0.29) is 0 Å². The van der Waals surface area contributed by atoms with Crippen LogP contribution in [-0.2, 0) is 11.3 Å². The minimum atomic E-state index is 0.361. The molecular formula is C16H27N3O. The molecule has 20 heavy (non-hydrogen) atoms. The zero-order chi connectivity index (χ0) is 14.4. The monoisotopic (exact) mass is 277 g/mol. The Bertz CT molecular complexity index is 408. The molecule has 0 radical (unpaired) electrons. The van der Waals surface area contributed by atoms with Crippen LogP contribution in [0.1, 0.15) is 32.9 Å². The van der Waals surface area contributed by atoms with Crippen molar-refractivity contribution in [2.75, 3.05) is 31.1 Å². The maximum absolute atomic E-state index is 5.73. The van der Waals surface area contributed by atoms with Crippen LogP contribution in [0.3, 0.4) is 0 Å². The van der Waals surface area contributed by atoms with Gasteiger partial charge in [0, 0.05) is 31.5 Å². The van der Waals surface area contributed by atoms with Crippen LogP contribution in [0.15, 0.2) is 18.3 Å². The molecule has 2 heterocycles. The van der Waals surface area contributed by atoms with Crippen LogP contribution in [0.25, 0.3) is 0 Å². The average Bonchev–Trinajstić information content (AvgIpc) is 2.47. The maximum atomic E-state index is 5.73. The van der Waals surface area contributed by atoms with Crippen LogP contribution >= 0.6 is 0 Å². The summed E-state index contributed by atoms with van der Waals surface area (Å²) in [5.74, 6) is 0.669. The quantitative estimate of drug-likeness (QED) is 0.866. The molecule has 4 nitrogen and oxygen atoms in total. The summed E-state index contributed by atoms with van der Waals surface area (Å²) in [6.07, 6.45) is 3.35. The molecule has 1 saturated heterocycles. The number of ether oxygens (including phenoxy) is 1. The van der Waals surface area contributed by atoms with Crippen molar-refractivity contribution in [3.8, 4) is 0 Å². The van der Waals surface area contributed by atoms with Gasteiger partial charge in [-0.25, -0.2) is 0 Å².